The third-order valence-electron chi connectivity index (χ3n) is 3.10. The van der Waals surface area contributed by atoms with E-state index in [0.29, 0.717) is 28.9 Å². The lowest BCUT2D eigenvalue weighted by Crippen LogP contribution is -2.31. The number of amides is 1. The Bertz CT molecular complexity index is 678. The topological polar surface area (TPSA) is 59.6 Å². The van der Waals surface area contributed by atoms with E-state index in [4.69, 9.17) is 32.7 Å². The van der Waals surface area contributed by atoms with Gasteiger partial charge in [0, 0.05) is 12.2 Å². The van der Waals surface area contributed by atoms with Crippen molar-refractivity contribution in [3.8, 4) is 11.5 Å². The second-order valence-electron chi connectivity index (χ2n) is 4.88. The molecule has 0 bridgehead atoms. The maximum absolute atomic E-state index is 11.8. The van der Waals surface area contributed by atoms with Gasteiger partial charge in [-0.15, -0.1) is 0 Å². The molecular formula is C17H18Cl2N2O3. The quantitative estimate of drug-likeness (QED) is 0.698. The first-order chi connectivity index (χ1) is 11.6. The number of halogens is 2. The Kier molecular flexibility index (Phi) is 7.18. The van der Waals surface area contributed by atoms with Crippen molar-refractivity contribution in [1.82, 2.24) is 5.32 Å². The molecule has 128 valence electrons. The molecule has 0 aliphatic rings. The molecule has 2 rings (SSSR count). The average Bonchev–Trinajstić information content (AvgIpc) is 2.58. The highest BCUT2D eigenvalue weighted by molar-refractivity contribution is 6.42. The number of carbonyl (C=O) groups is 1. The van der Waals surface area contributed by atoms with Crippen molar-refractivity contribution in [3.63, 3.8) is 0 Å². The molecule has 0 spiro atoms. The summed E-state index contributed by atoms with van der Waals surface area (Å²) >= 11 is 11.7. The predicted molar refractivity (Wildman–Crippen MR) is 96.5 cm³/mol. The van der Waals surface area contributed by atoms with Gasteiger partial charge in [0.15, 0.2) is 0 Å². The predicted octanol–water partition coefficient (Wildman–Crippen LogP) is 3.61. The molecule has 0 aromatic heterocycles. The maximum Gasteiger partial charge on any atom is 0.238 e. The number of ether oxygens (including phenoxy) is 2. The number of rotatable bonds is 8. The van der Waals surface area contributed by atoms with E-state index in [2.05, 4.69) is 10.6 Å². The van der Waals surface area contributed by atoms with Crippen LogP contribution in [0.1, 0.15) is 0 Å². The lowest BCUT2D eigenvalue weighted by molar-refractivity contribution is -0.115. The summed E-state index contributed by atoms with van der Waals surface area (Å²) in [6, 6.07) is 12.2. The molecule has 5 nitrogen and oxygen atoms in total. The normalized spacial score (nSPS) is 10.3. The molecule has 0 saturated heterocycles. The van der Waals surface area contributed by atoms with E-state index in [1.807, 2.05) is 24.3 Å². The van der Waals surface area contributed by atoms with Gasteiger partial charge in [0.2, 0.25) is 5.91 Å². The first kappa shape index (κ1) is 18.4. The third kappa shape index (κ3) is 5.92. The molecule has 2 aromatic rings. The SMILES string of the molecule is COc1ccc(OCCNCC(=O)Nc2ccc(Cl)c(Cl)c2)cc1. The van der Waals surface area contributed by atoms with Gasteiger partial charge in [-0.1, -0.05) is 23.2 Å². The van der Waals surface area contributed by atoms with Gasteiger partial charge in [0.1, 0.15) is 18.1 Å². The van der Waals surface area contributed by atoms with Crippen molar-refractivity contribution in [2.24, 2.45) is 0 Å². The van der Waals surface area contributed by atoms with E-state index in [1.54, 1.807) is 25.3 Å². The fraction of sp³-hybridized carbons (Fsp3) is 0.235. The van der Waals surface area contributed by atoms with E-state index >= 15 is 0 Å². The van der Waals surface area contributed by atoms with Gasteiger partial charge in [-0.05, 0) is 42.5 Å². The van der Waals surface area contributed by atoms with Gasteiger partial charge in [0.25, 0.3) is 0 Å². The molecule has 0 unspecified atom stereocenters. The van der Waals surface area contributed by atoms with Gasteiger partial charge in [-0.3, -0.25) is 4.79 Å². The number of nitrogens with one attached hydrogen (secondary N) is 2. The van der Waals surface area contributed by atoms with Crippen LogP contribution in [0, 0.1) is 0 Å². The van der Waals surface area contributed by atoms with Gasteiger partial charge in [-0.25, -0.2) is 0 Å². The molecule has 24 heavy (non-hydrogen) atoms. The zero-order chi connectivity index (χ0) is 17.4. The van der Waals surface area contributed by atoms with Crippen LogP contribution in [0.5, 0.6) is 11.5 Å². The Morgan fingerprint density at radius 1 is 1.04 bits per heavy atom. The van der Waals surface area contributed by atoms with Crippen LogP contribution in [0.25, 0.3) is 0 Å². The highest BCUT2D eigenvalue weighted by Gasteiger charge is 2.04. The molecule has 7 heteroatoms. The lowest BCUT2D eigenvalue weighted by atomic mass is 10.3. The highest BCUT2D eigenvalue weighted by atomic mass is 35.5. The van der Waals surface area contributed by atoms with Crippen molar-refractivity contribution >= 4 is 34.8 Å². The fourth-order valence-electron chi connectivity index (χ4n) is 1.89. The summed E-state index contributed by atoms with van der Waals surface area (Å²) < 4.78 is 10.6. The van der Waals surface area contributed by atoms with E-state index in [0.717, 1.165) is 11.5 Å². The number of hydrogen-bond donors (Lipinski definition) is 2. The first-order valence-corrected chi connectivity index (χ1v) is 8.06. The zero-order valence-corrected chi connectivity index (χ0v) is 14.7. The number of carbonyl (C=O) groups excluding carboxylic acids is 1. The summed E-state index contributed by atoms with van der Waals surface area (Å²) in [7, 11) is 1.61. The summed E-state index contributed by atoms with van der Waals surface area (Å²) in [5.74, 6) is 1.36. The standard InChI is InChI=1S/C17H18Cl2N2O3/c1-23-13-3-5-14(6-4-13)24-9-8-20-11-17(22)21-12-2-7-15(18)16(19)10-12/h2-7,10,20H,8-9,11H2,1H3,(H,21,22). The largest absolute Gasteiger partial charge is 0.497 e. The molecule has 0 saturated carbocycles. The van der Waals surface area contributed by atoms with Crippen LogP contribution in [-0.2, 0) is 4.79 Å². The Morgan fingerprint density at radius 3 is 2.42 bits per heavy atom. The minimum atomic E-state index is -0.169. The smallest absolute Gasteiger partial charge is 0.238 e. The van der Waals surface area contributed by atoms with Crippen molar-refractivity contribution in [3.05, 3.63) is 52.5 Å². The fourth-order valence-corrected chi connectivity index (χ4v) is 2.19. The van der Waals surface area contributed by atoms with E-state index in [9.17, 15) is 4.79 Å². The molecule has 0 heterocycles. The minimum absolute atomic E-state index is 0.169. The Balaban J connectivity index is 1.64. The van der Waals surface area contributed by atoms with Crippen LogP contribution in [0.15, 0.2) is 42.5 Å². The van der Waals surface area contributed by atoms with Gasteiger partial charge in [0.05, 0.1) is 23.7 Å². The minimum Gasteiger partial charge on any atom is -0.497 e. The molecule has 2 N–H and O–H groups in total. The summed E-state index contributed by atoms with van der Waals surface area (Å²) in [6.45, 7) is 1.17. The van der Waals surface area contributed by atoms with Crippen molar-refractivity contribution in [2.45, 2.75) is 0 Å². The molecule has 0 fully saturated rings. The average molecular weight is 369 g/mol. The first-order valence-electron chi connectivity index (χ1n) is 7.31. The van der Waals surface area contributed by atoms with Crippen LogP contribution in [-0.4, -0.2) is 32.7 Å². The molecule has 1 amide bonds. The van der Waals surface area contributed by atoms with Gasteiger partial charge < -0.3 is 20.1 Å². The molecule has 2 aromatic carbocycles. The summed E-state index contributed by atoms with van der Waals surface area (Å²) in [5.41, 5.74) is 0.602. The summed E-state index contributed by atoms with van der Waals surface area (Å²) in [6.07, 6.45) is 0. The van der Waals surface area contributed by atoms with Crippen molar-refractivity contribution in [2.75, 3.05) is 32.1 Å². The van der Waals surface area contributed by atoms with Crippen LogP contribution in [0.3, 0.4) is 0 Å². The van der Waals surface area contributed by atoms with E-state index in [-0.39, 0.29) is 12.5 Å². The Labute approximate surface area is 150 Å². The van der Waals surface area contributed by atoms with Gasteiger partial charge >= 0.3 is 0 Å². The summed E-state index contributed by atoms with van der Waals surface area (Å²) in [4.78, 5) is 11.8. The Morgan fingerprint density at radius 2 is 1.75 bits per heavy atom. The molecular weight excluding hydrogens is 351 g/mol. The van der Waals surface area contributed by atoms with Crippen LogP contribution in [0.4, 0.5) is 5.69 Å². The maximum atomic E-state index is 11.8. The zero-order valence-electron chi connectivity index (χ0n) is 13.1. The second-order valence-corrected chi connectivity index (χ2v) is 5.69. The van der Waals surface area contributed by atoms with Crippen molar-refractivity contribution in [1.29, 1.82) is 0 Å². The van der Waals surface area contributed by atoms with Crippen LogP contribution in [0.2, 0.25) is 10.0 Å². The number of methoxy groups -OCH3 is 1. The van der Waals surface area contributed by atoms with E-state index in [1.165, 1.54) is 0 Å². The number of anilines is 1. The van der Waals surface area contributed by atoms with Crippen LogP contribution < -0.4 is 20.1 Å². The van der Waals surface area contributed by atoms with Crippen molar-refractivity contribution < 1.29 is 14.3 Å². The third-order valence-corrected chi connectivity index (χ3v) is 3.83. The van der Waals surface area contributed by atoms with Crippen LogP contribution >= 0.6 is 23.2 Å². The highest BCUT2D eigenvalue weighted by Crippen LogP contribution is 2.24. The van der Waals surface area contributed by atoms with Gasteiger partial charge in [-0.2, -0.15) is 0 Å². The molecule has 0 atom stereocenters. The molecule has 0 radical (unpaired) electrons. The summed E-state index contributed by atoms with van der Waals surface area (Å²) in [5, 5.41) is 6.58. The second kappa shape index (κ2) is 9.37. The monoisotopic (exact) mass is 368 g/mol. The molecule has 0 aliphatic heterocycles. The number of benzene rings is 2. The number of hydrogen-bond acceptors (Lipinski definition) is 4. The molecule has 0 aliphatic carbocycles. The van der Waals surface area contributed by atoms with E-state index < -0.39 is 0 Å². The Hall–Kier alpha value is -1.95. The lowest BCUT2D eigenvalue weighted by Gasteiger charge is -2.09.